The van der Waals surface area contributed by atoms with Gasteiger partial charge in [0.2, 0.25) is 16.0 Å². The molecule has 1 saturated heterocycles. The number of hydrogen-bond acceptors (Lipinski definition) is 8. The molecule has 1 aliphatic heterocycles. The Morgan fingerprint density at radius 2 is 1.86 bits per heavy atom. The van der Waals surface area contributed by atoms with Crippen molar-refractivity contribution in [3.8, 4) is 11.3 Å². The molecule has 0 radical (unpaired) electrons. The number of carbonyl (C=O) groups is 1. The molecule has 9 nitrogen and oxygen atoms in total. The number of imidazole rings is 1. The molecule has 0 atom stereocenters. The maximum Gasteiger partial charge on any atom is 0.239 e. The highest BCUT2D eigenvalue weighted by molar-refractivity contribution is 7.20. The van der Waals surface area contributed by atoms with Crippen molar-refractivity contribution in [2.75, 3.05) is 70.1 Å². The molecule has 1 aliphatic rings. The first-order valence-electron chi connectivity index (χ1n) is 12.3. The predicted molar refractivity (Wildman–Crippen MR) is 145 cm³/mol. The highest BCUT2D eigenvalue weighted by Gasteiger charge is 2.23. The maximum atomic E-state index is 12.5. The molecule has 2 aromatic heterocycles. The summed E-state index contributed by atoms with van der Waals surface area (Å²) in [5.41, 5.74) is 1.77. The average Bonchev–Trinajstić information content (AvgIpc) is 3.37. The normalized spacial score (nSPS) is 15.5. The van der Waals surface area contributed by atoms with Crippen molar-refractivity contribution in [3.05, 3.63) is 30.3 Å². The van der Waals surface area contributed by atoms with Crippen LogP contribution >= 0.6 is 11.3 Å². The molecule has 0 unspecified atom stereocenters. The van der Waals surface area contributed by atoms with Gasteiger partial charge in [0.05, 0.1) is 6.54 Å². The number of fused-ring (bicyclic) bond motifs is 1. The van der Waals surface area contributed by atoms with Crippen LogP contribution in [0.4, 0.5) is 10.9 Å². The van der Waals surface area contributed by atoms with Gasteiger partial charge < -0.3 is 25.3 Å². The van der Waals surface area contributed by atoms with Crippen LogP contribution < -0.4 is 15.5 Å². The van der Waals surface area contributed by atoms with Crippen LogP contribution in [0.1, 0.15) is 27.2 Å². The number of aromatic nitrogens is 3. The van der Waals surface area contributed by atoms with Gasteiger partial charge in [0, 0.05) is 50.9 Å². The SMILES string of the molecule is CN1CCN(CCCNC(=O)CN(C)c2nn3c(NC(C)(C)C)c(-c4ccccc4)nc3s2)CC1. The average molecular weight is 499 g/mol. The van der Waals surface area contributed by atoms with Crippen molar-refractivity contribution in [2.45, 2.75) is 32.7 Å². The van der Waals surface area contributed by atoms with Crippen LogP contribution in [-0.4, -0.2) is 95.8 Å². The zero-order valence-corrected chi connectivity index (χ0v) is 22.4. The van der Waals surface area contributed by atoms with E-state index in [0.29, 0.717) is 6.54 Å². The fourth-order valence-corrected chi connectivity index (χ4v) is 4.96. The number of rotatable bonds is 9. The van der Waals surface area contributed by atoms with Gasteiger partial charge >= 0.3 is 0 Å². The molecule has 4 rings (SSSR count). The van der Waals surface area contributed by atoms with Gasteiger partial charge in [-0.05, 0) is 40.8 Å². The van der Waals surface area contributed by atoms with E-state index >= 15 is 0 Å². The van der Waals surface area contributed by atoms with Gasteiger partial charge in [-0.25, -0.2) is 4.98 Å². The number of carbonyl (C=O) groups excluding carboxylic acids is 1. The van der Waals surface area contributed by atoms with Crippen LogP contribution in [0.3, 0.4) is 0 Å². The van der Waals surface area contributed by atoms with E-state index in [4.69, 9.17) is 10.1 Å². The van der Waals surface area contributed by atoms with Gasteiger partial charge in [0.1, 0.15) is 5.69 Å². The minimum Gasteiger partial charge on any atom is -0.364 e. The number of benzene rings is 1. The third-order valence-electron chi connectivity index (χ3n) is 6.01. The summed E-state index contributed by atoms with van der Waals surface area (Å²) in [4.78, 5) is 24.9. The van der Waals surface area contributed by atoms with Crippen molar-refractivity contribution < 1.29 is 4.79 Å². The summed E-state index contributed by atoms with van der Waals surface area (Å²) >= 11 is 1.49. The van der Waals surface area contributed by atoms with E-state index in [1.165, 1.54) is 11.3 Å². The highest BCUT2D eigenvalue weighted by Crippen LogP contribution is 2.34. The molecule has 1 fully saturated rings. The molecule has 35 heavy (non-hydrogen) atoms. The summed E-state index contributed by atoms with van der Waals surface area (Å²) in [7, 11) is 4.06. The van der Waals surface area contributed by atoms with E-state index in [1.54, 1.807) is 0 Å². The number of likely N-dealkylation sites (N-methyl/N-ethyl adjacent to an activating group) is 2. The summed E-state index contributed by atoms with van der Waals surface area (Å²) in [5, 5.41) is 12.2. The van der Waals surface area contributed by atoms with E-state index in [0.717, 1.165) is 66.3 Å². The Hall–Kier alpha value is -2.69. The van der Waals surface area contributed by atoms with Gasteiger partial charge in [-0.3, -0.25) is 4.79 Å². The van der Waals surface area contributed by atoms with E-state index < -0.39 is 0 Å². The van der Waals surface area contributed by atoms with Gasteiger partial charge in [-0.1, -0.05) is 41.7 Å². The molecule has 0 aliphatic carbocycles. The van der Waals surface area contributed by atoms with Crippen molar-refractivity contribution in [3.63, 3.8) is 0 Å². The monoisotopic (exact) mass is 498 g/mol. The fraction of sp³-hybridized carbons (Fsp3) is 0.560. The van der Waals surface area contributed by atoms with E-state index in [9.17, 15) is 4.79 Å². The van der Waals surface area contributed by atoms with E-state index in [-0.39, 0.29) is 18.0 Å². The van der Waals surface area contributed by atoms with Crippen LogP contribution in [0.25, 0.3) is 16.2 Å². The van der Waals surface area contributed by atoms with Crippen molar-refractivity contribution in [1.29, 1.82) is 0 Å². The maximum absolute atomic E-state index is 12.5. The molecule has 10 heteroatoms. The Labute approximate surface area is 212 Å². The van der Waals surface area contributed by atoms with Crippen molar-refractivity contribution in [2.24, 2.45) is 0 Å². The number of piperazine rings is 1. The minimum absolute atomic E-state index is 0.0109. The number of amides is 1. The number of hydrogen-bond donors (Lipinski definition) is 2. The van der Waals surface area contributed by atoms with Crippen molar-refractivity contribution in [1.82, 2.24) is 29.7 Å². The summed E-state index contributed by atoms with van der Waals surface area (Å²) in [5.74, 6) is 0.875. The van der Waals surface area contributed by atoms with Crippen LogP contribution in [0, 0.1) is 0 Å². The largest absolute Gasteiger partial charge is 0.364 e. The lowest BCUT2D eigenvalue weighted by Crippen LogP contribution is -2.45. The summed E-state index contributed by atoms with van der Waals surface area (Å²) in [6, 6.07) is 10.1. The first-order chi connectivity index (χ1) is 16.7. The molecule has 2 N–H and O–H groups in total. The van der Waals surface area contributed by atoms with E-state index in [2.05, 4.69) is 60.4 Å². The Bertz CT molecular complexity index is 1110. The van der Waals surface area contributed by atoms with Gasteiger partial charge in [-0.2, -0.15) is 4.52 Å². The third-order valence-corrected chi connectivity index (χ3v) is 7.03. The third kappa shape index (κ3) is 6.71. The molecule has 1 amide bonds. The molecule has 0 saturated carbocycles. The van der Waals surface area contributed by atoms with Gasteiger partial charge in [0.15, 0.2) is 5.82 Å². The first-order valence-corrected chi connectivity index (χ1v) is 13.1. The number of nitrogens with zero attached hydrogens (tertiary/aromatic N) is 6. The summed E-state index contributed by atoms with van der Waals surface area (Å²) < 4.78 is 1.86. The Morgan fingerprint density at radius 1 is 1.14 bits per heavy atom. The molecule has 3 heterocycles. The quantitative estimate of drug-likeness (QED) is 0.439. The summed E-state index contributed by atoms with van der Waals surface area (Å²) in [6.45, 7) is 12.8. The number of nitrogens with one attached hydrogen (secondary N) is 2. The van der Waals surface area contributed by atoms with Crippen LogP contribution in [0.2, 0.25) is 0 Å². The molecule has 3 aromatic rings. The van der Waals surface area contributed by atoms with E-state index in [1.807, 2.05) is 34.7 Å². The second kappa shape index (κ2) is 10.9. The molecular formula is C25H38N8OS. The Balaban J connectivity index is 1.37. The number of anilines is 2. The highest BCUT2D eigenvalue weighted by atomic mass is 32.1. The van der Waals surface area contributed by atoms with Gasteiger partial charge in [0.25, 0.3) is 0 Å². The smallest absolute Gasteiger partial charge is 0.239 e. The van der Waals surface area contributed by atoms with Gasteiger partial charge in [-0.15, -0.1) is 5.10 Å². The first kappa shape index (κ1) is 25.4. The summed E-state index contributed by atoms with van der Waals surface area (Å²) in [6.07, 6.45) is 0.967. The van der Waals surface area contributed by atoms with Crippen LogP contribution in [0.5, 0.6) is 0 Å². The second-order valence-electron chi connectivity index (χ2n) is 10.3. The zero-order valence-electron chi connectivity index (χ0n) is 21.5. The van der Waals surface area contributed by atoms with Crippen LogP contribution in [0.15, 0.2) is 30.3 Å². The predicted octanol–water partition coefficient (Wildman–Crippen LogP) is 2.86. The lowest BCUT2D eigenvalue weighted by molar-refractivity contribution is -0.119. The molecule has 0 spiro atoms. The molecule has 190 valence electrons. The van der Waals surface area contributed by atoms with Crippen LogP contribution in [-0.2, 0) is 4.79 Å². The molecule has 1 aromatic carbocycles. The topological polar surface area (TPSA) is 81.0 Å². The second-order valence-corrected chi connectivity index (χ2v) is 11.3. The molecule has 0 bridgehead atoms. The lowest BCUT2D eigenvalue weighted by Gasteiger charge is -2.32. The minimum atomic E-state index is -0.154. The Kier molecular flexibility index (Phi) is 7.93. The fourth-order valence-electron chi connectivity index (χ4n) is 4.10. The Morgan fingerprint density at radius 3 is 2.54 bits per heavy atom. The lowest BCUT2D eigenvalue weighted by atomic mass is 10.1. The molecular weight excluding hydrogens is 460 g/mol. The zero-order chi connectivity index (χ0) is 25.0. The van der Waals surface area contributed by atoms with Crippen molar-refractivity contribution >= 4 is 33.2 Å². The standard InChI is InChI=1S/C25H38N8OS/c1-25(2,3)28-22-21(19-10-7-6-8-11-19)27-23-33(22)29-24(35-23)31(5)18-20(34)26-12-9-13-32-16-14-30(4)15-17-32/h6-8,10-11,28H,9,12-18H2,1-5H3,(H,26,34).